The van der Waals surface area contributed by atoms with E-state index in [1.165, 1.54) is 23.9 Å². The Balaban J connectivity index is 2.17. The summed E-state index contributed by atoms with van der Waals surface area (Å²) < 4.78 is 13.6. The van der Waals surface area contributed by atoms with E-state index in [2.05, 4.69) is 12.2 Å². The summed E-state index contributed by atoms with van der Waals surface area (Å²) >= 11 is 1.52. The molecule has 4 nitrogen and oxygen atoms in total. The molecule has 1 aromatic rings. The van der Waals surface area contributed by atoms with Crippen molar-refractivity contribution >= 4 is 23.6 Å². The van der Waals surface area contributed by atoms with E-state index in [1.807, 2.05) is 19.9 Å². The summed E-state index contributed by atoms with van der Waals surface area (Å²) in [5, 5.41) is 2.62. The number of rotatable bonds is 7. The molecule has 1 aliphatic rings. The Morgan fingerprint density at radius 2 is 2.12 bits per heavy atom. The molecule has 6 heteroatoms. The average Bonchev–Trinajstić information content (AvgIpc) is 3.02. The third kappa shape index (κ3) is 4.97. The number of amides is 2. The summed E-state index contributed by atoms with van der Waals surface area (Å²) in [5.74, 6) is -0.212. The Labute approximate surface area is 153 Å². The van der Waals surface area contributed by atoms with Crippen LogP contribution in [0.4, 0.5) is 4.39 Å². The Kier molecular flexibility index (Phi) is 7.29. The van der Waals surface area contributed by atoms with E-state index in [-0.39, 0.29) is 28.9 Å². The van der Waals surface area contributed by atoms with Gasteiger partial charge in [-0.1, -0.05) is 45.7 Å². The minimum absolute atomic E-state index is 0.0760. The molecule has 1 N–H and O–H groups in total. The normalized spacial score (nSPS) is 20.1. The van der Waals surface area contributed by atoms with Crippen LogP contribution in [0.25, 0.3) is 0 Å². The van der Waals surface area contributed by atoms with Crippen LogP contribution in [0.2, 0.25) is 0 Å². The van der Waals surface area contributed by atoms with Crippen LogP contribution in [0.5, 0.6) is 0 Å². The van der Waals surface area contributed by atoms with Crippen LogP contribution in [-0.2, 0) is 9.59 Å². The van der Waals surface area contributed by atoms with Crippen molar-refractivity contribution in [1.82, 2.24) is 10.2 Å². The molecule has 2 rings (SSSR count). The van der Waals surface area contributed by atoms with Gasteiger partial charge in [0.15, 0.2) is 0 Å². The van der Waals surface area contributed by atoms with Gasteiger partial charge in [-0.25, -0.2) is 4.39 Å². The lowest BCUT2D eigenvalue weighted by atomic mass is 10.1. The van der Waals surface area contributed by atoms with Crippen LogP contribution in [0, 0.1) is 11.7 Å². The van der Waals surface area contributed by atoms with Gasteiger partial charge in [0.25, 0.3) is 0 Å². The van der Waals surface area contributed by atoms with Gasteiger partial charge in [-0.3, -0.25) is 9.59 Å². The highest BCUT2D eigenvalue weighted by atomic mass is 32.2. The van der Waals surface area contributed by atoms with Gasteiger partial charge < -0.3 is 10.2 Å². The third-order valence-corrected chi connectivity index (χ3v) is 5.59. The van der Waals surface area contributed by atoms with Crippen LogP contribution in [0.15, 0.2) is 24.3 Å². The van der Waals surface area contributed by atoms with Crippen molar-refractivity contribution in [3.8, 4) is 0 Å². The van der Waals surface area contributed by atoms with Crippen molar-refractivity contribution in [1.29, 1.82) is 0 Å². The Hall–Kier alpha value is -1.56. The van der Waals surface area contributed by atoms with Gasteiger partial charge >= 0.3 is 0 Å². The molecule has 2 atom stereocenters. The second kappa shape index (κ2) is 9.22. The molecule has 138 valence electrons. The van der Waals surface area contributed by atoms with Crippen LogP contribution in [0.3, 0.4) is 0 Å². The van der Waals surface area contributed by atoms with Crippen molar-refractivity contribution in [3.05, 3.63) is 35.6 Å². The molecular formula is C19H27FN2O2S. The number of nitrogens with one attached hydrogen (secondary N) is 1. The first-order valence-corrected chi connectivity index (χ1v) is 9.97. The van der Waals surface area contributed by atoms with Crippen molar-refractivity contribution < 1.29 is 14.0 Å². The molecule has 0 radical (unpaired) electrons. The Morgan fingerprint density at radius 3 is 2.76 bits per heavy atom. The lowest BCUT2D eigenvalue weighted by Crippen LogP contribution is -2.49. The van der Waals surface area contributed by atoms with Crippen molar-refractivity contribution in [2.45, 2.75) is 51.4 Å². The van der Waals surface area contributed by atoms with Gasteiger partial charge in [0, 0.05) is 18.2 Å². The van der Waals surface area contributed by atoms with Crippen LogP contribution in [0.1, 0.15) is 51.0 Å². The molecule has 1 fully saturated rings. The fourth-order valence-electron chi connectivity index (χ4n) is 2.90. The fourth-order valence-corrected chi connectivity index (χ4v) is 4.32. The number of benzene rings is 1. The zero-order chi connectivity index (χ0) is 18.4. The molecular weight excluding hydrogens is 339 g/mol. The van der Waals surface area contributed by atoms with Gasteiger partial charge in [0.1, 0.15) is 17.2 Å². The zero-order valence-corrected chi connectivity index (χ0v) is 15.9. The minimum atomic E-state index is -0.505. The van der Waals surface area contributed by atoms with Gasteiger partial charge in [0.05, 0.1) is 0 Å². The molecule has 1 aliphatic heterocycles. The van der Waals surface area contributed by atoms with Gasteiger partial charge in [0.2, 0.25) is 11.8 Å². The van der Waals surface area contributed by atoms with E-state index in [0.29, 0.717) is 12.3 Å². The highest BCUT2D eigenvalue weighted by molar-refractivity contribution is 7.99. The van der Waals surface area contributed by atoms with Crippen molar-refractivity contribution in [2.24, 2.45) is 5.92 Å². The summed E-state index contributed by atoms with van der Waals surface area (Å²) in [4.78, 5) is 27.0. The topological polar surface area (TPSA) is 49.4 Å². The number of halogens is 1. The van der Waals surface area contributed by atoms with E-state index in [1.54, 1.807) is 11.0 Å². The fraction of sp³-hybridized carbons (Fsp3) is 0.579. The van der Waals surface area contributed by atoms with Crippen LogP contribution >= 0.6 is 11.8 Å². The molecule has 1 aromatic carbocycles. The molecule has 0 bridgehead atoms. The largest absolute Gasteiger partial charge is 0.354 e. The lowest BCUT2D eigenvalue weighted by molar-refractivity contribution is -0.142. The molecule has 0 spiro atoms. The monoisotopic (exact) mass is 366 g/mol. The lowest BCUT2D eigenvalue weighted by Gasteiger charge is -2.30. The molecule has 2 amide bonds. The molecule has 0 unspecified atom stereocenters. The quantitative estimate of drug-likeness (QED) is 0.748. The van der Waals surface area contributed by atoms with E-state index >= 15 is 0 Å². The maximum absolute atomic E-state index is 13.6. The number of unbranched alkanes of at least 4 members (excludes halogenated alkanes) is 2. The van der Waals surface area contributed by atoms with Gasteiger partial charge in [-0.2, -0.15) is 0 Å². The first-order valence-electron chi connectivity index (χ1n) is 8.92. The summed E-state index contributed by atoms with van der Waals surface area (Å²) in [6.07, 6.45) is 3.10. The first kappa shape index (κ1) is 19.8. The molecule has 25 heavy (non-hydrogen) atoms. The molecule has 0 aliphatic carbocycles. The summed E-state index contributed by atoms with van der Waals surface area (Å²) in [6, 6.07) is 5.77. The van der Waals surface area contributed by atoms with Crippen LogP contribution < -0.4 is 5.32 Å². The number of hydrogen-bond acceptors (Lipinski definition) is 3. The van der Waals surface area contributed by atoms with Gasteiger partial charge in [-0.15, -0.1) is 11.8 Å². The number of carbonyl (C=O) groups excluding carboxylic acids is 2. The number of carbonyl (C=O) groups is 2. The van der Waals surface area contributed by atoms with Crippen LogP contribution in [-0.4, -0.2) is 35.1 Å². The number of hydrogen-bond donors (Lipinski definition) is 1. The van der Waals surface area contributed by atoms with Crippen molar-refractivity contribution in [2.75, 3.05) is 12.3 Å². The van der Waals surface area contributed by atoms with E-state index in [9.17, 15) is 14.0 Å². The predicted molar refractivity (Wildman–Crippen MR) is 99.6 cm³/mol. The third-order valence-electron chi connectivity index (χ3n) is 4.26. The zero-order valence-electron chi connectivity index (χ0n) is 15.1. The molecule has 1 heterocycles. The highest BCUT2D eigenvalue weighted by Crippen LogP contribution is 2.42. The van der Waals surface area contributed by atoms with Gasteiger partial charge in [-0.05, 0) is 24.1 Å². The summed E-state index contributed by atoms with van der Waals surface area (Å²) in [5.41, 5.74) is 0.722. The second-order valence-corrected chi connectivity index (χ2v) is 7.77. The molecule has 0 saturated carbocycles. The number of thioether (sulfide) groups is 1. The second-order valence-electron chi connectivity index (χ2n) is 6.65. The molecule has 0 aromatic heterocycles. The van der Waals surface area contributed by atoms with E-state index in [0.717, 1.165) is 24.8 Å². The predicted octanol–water partition coefficient (Wildman–Crippen LogP) is 3.73. The SMILES string of the molecule is CCCCCNC(=O)[C@@H]1CS[C@H](c2cccc(F)c2)N1C(=O)C(C)C. The number of nitrogens with zero attached hydrogens (tertiary/aromatic N) is 1. The van der Waals surface area contributed by atoms with Crippen molar-refractivity contribution in [3.63, 3.8) is 0 Å². The maximum Gasteiger partial charge on any atom is 0.243 e. The smallest absolute Gasteiger partial charge is 0.243 e. The molecule has 1 saturated heterocycles. The standard InChI is InChI=1S/C19H27FN2O2S/c1-4-5-6-10-21-17(23)16-12-25-19(22(16)18(24)13(2)3)14-8-7-9-15(20)11-14/h7-9,11,13,16,19H,4-6,10,12H2,1-3H3,(H,21,23)/t16-,19+/m0/s1. The van der Waals surface area contributed by atoms with E-state index in [4.69, 9.17) is 0 Å². The minimum Gasteiger partial charge on any atom is -0.354 e. The summed E-state index contributed by atoms with van der Waals surface area (Å²) in [6.45, 7) is 6.39. The Morgan fingerprint density at radius 1 is 1.36 bits per heavy atom. The highest BCUT2D eigenvalue weighted by Gasteiger charge is 2.42. The first-order chi connectivity index (χ1) is 12.0. The van der Waals surface area contributed by atoms with E-state index < -0.39 is 6.04 Å². The Bertz CT molecular complexity index is 609. The summed E-state index contributed by atoms with van der Waals surface area (Å²) in [7, 11) is 0. The maximum atomic E-state index is 13.6. The average molecular weight is 367 g/mol.